The highest BCUT2D eigenvalue weighted by molar-refractivity contribution is 5.16. The zero-order valence-corrected chi connectivity index (χ0v) is 20.9. The molecule has 1 N–H and O–H groups in total. The summed E-state index contributed by atoms with van der Waals surface area (Å²) in [7, 11) is 0. The van der Waals surface area contributed by atoms with Crippen molar-refractivity contribution in [2.45, 2.75) is 122 Å². The molecular weight excluding hydrogens is 382 g/mol. The number of nitrogens with zero attached hydrogens (tertiary/aromatic N) is 1. The summed E-state index contributed by atoms with van der Waals surface area (Å²) >= 11 is 0. The van der Waals surface area contributed by atoms with E-state index in [1.165, 1.54) is 76.5 Å². The van der Waals surface area contributed by atoms with Crippen molar-refractivity contribution in [2.24, 2.45) is 29.1 Å². The van der Waals surface area contributed by atoms with Crippen LogP contribution in [0, 0.1) is 29.1 Å². The highest BCUT2D eigenvalue weighted by Crippen LogP contribution is 2.63. The fourth-order valence-electron chi connectivity index (χ4n) is 8.92. The van der Waals surface area contributed by atoms with Crippen molar-refractivity contribution in [2.75, 3.05) is 13.2 Å². The van der Waals surface area contributed by atoms with E-state index in [-0.39, 0.29) is 17.7 Å². The van der Waals surface area contributed by atoms with Crippen LogP contribution in [0.15, 0.2) is 12.3 Å². The lowest BCUT2D eigenvalue weighted by atomic mass is 9.45. The van der Waals surface area contributed by atoms with Gasteiger partial charge in [0.05, 0.1) is 12.2 Å². The molecule has 8 atom stereocenters. The Morgan fingerprint density at radius 1 is 0.871 bits per heavy atom. The minimum Gasteiger partial charge on any atom is -0.393 e. The molecule has 3 saturated carbocycles. The molecule has 5 aliphatic rings. The highest BCUT2D eigenvalue weighted by atomic mass is 16.5. The van der Waals surface area contributed by atoms with Gasteiger partial charge < -0.3 is 14.7 Å². The first-order valence-corrected chi connectivity index (χ1v) is 13.7. The maximum atomic E-state index is 10.8. The maximum Gasteiger partial charge on any atom is 0.0965 e. The predicted molar refractivity (Wildman–Crippen MR) is 129 cm³/mol. The van der Waals surface area contributed by atoms with Crippen molar-refractivity contribution in [3.8, 4) is 0 Å². The SMILES string of the molecule is C=C(C1CCCCO1)N1CCCC2C3CCC4C(O)CCCC4(C)C3CCC21C.CC. The van der Waals surface area contributed by atoms with Crippen LogP contribution in [0.5, 0.6) is 0 Å². The molecule has 0 aromatic heterocycles. The van der Waals surface area contributed by atoms with Crippen LogP contribution in [0.25, 0.3) is 0 Å². The smallest absolute Gasteiger partial charge is 0.0965 e. The fourth-order valence-corrected chi connectivity index (χ4v) is 8.92. The molecule has 2 saturated heterocycles. The molecule has 2 heterocycles. The van der Waals surface area contributed by atoms with Crippen molar-refractivity contribution >= 4 is 0 Å². The topological polar surface area (TPSA) is 32.7 Å². The van der Waals surface area contributed by atoms with E-state index in [9.17, 15) is 5.11 Å². The number of hydrogen-bond acceptors (Lipinski definition) is 3. The predicted octanol–water partition coefficient (Wildman–Crippen LogP) is 6.55. The second kappa shape index (κ2) is 9.37. The molecular formula is C28H49NO2. The average Bonchev–Trinajstić information content (AvgIpc) is 2.79. The standard InChI is InChI=1S/C26H43NO2.C2H6/c1-18(24-10-4-5-17-29-24)27-16-7-8-21-19-11-12-22-23(28)9-6-14-25(22,2)20(19)13-15-26(21,27)3;1-2/h19-24,28H,1,4-17H2,2-3H3;1-2H3. The van der Waals surface area contributed by atoms with Gasteiger partial charge in [0.1, 0.15) is 0 Å². The Balaban J connectivity index is 0.00000112. The number of hydrogen-bond donors (Lipinski definition) is 1. The molecule has 0 radical (unpaired) electrons. The Labute approximate surface area is 192 Å². The van der Waals surface area contributed by atoms with Crippen LogP contribution in [-0.2, 0) is 4.74 Å². The number of aliphatic hydroxyl groups is 1. The molecule has 0 spiro atoms. The minimum absolute atomic E-state index is 0.0471. The van der Waals surface area contributed by atoms with Gasteiger partial charge in [-0.05, 0) is 107 Å². The first-order chi connectivity index (χ1) is 14.9. The van der Waals surface area contributed by atoms with Gasteiger partial charge in [-0.2, -0.15) is 0 Å². The van der Waals surface area contributed by atoms with Gasteiger partial charge in [-0.3, -0.25) is 0 Å². The molecule has 3 aliphatic carbocycles. The molecule has 0 aromatic carbocycles. The van der Waals surface area contributed by atoms with Crippen LogP contribution in [0.4, 0.5) is 0 Å². The maximum absolute atomic E-state index is 10.8. The van der Waals surface area contributed by atoms with Gasteiger partial charge in [-0.1, -0.05) is 33.8 Å². The number of rotatable bonds is 2. The van der Waals surface area contributed by atoms with E-state index in [1.807, 2.05) is 13.8 Å². The van der Waals surface area contributed by atoms with E-state index >= 15 is 0 Å². The van der Waals surface area contributed by atoms with Gasteiger partial charge in [0.15, 0.2) is 0 Å². The first kappa shape index (κ1) is 23.6. The second-order valence-electron chi connectivity index (χ2n) is 11.6. The van der Waals surface area contributed by atoms with Crippen LogP contribution in [0.1, 0.15) is 105 Å². The quantitative estimate of drug-likeness (QED) is 0.538. The largest absolute Gasteiger partial charge is 0.393 e. The molecule has 31 heavy (non-hydrogen) atoms. The van der Waals surface area contributed by atoms with E-state index in [0.717, 1.165) is 37.2 Å². The fraction of sp³-hybridized carbons (Fsp3) is 0.929. The van der Waals surface area contributed by atoms with Gasteiger partial charge in [-0.15, -0.1) is 0 Å². The Bertz CT molecular complexity index is 629. The molecule has 5 rings (SSSR count). The van der Waals surface area contributed by atoms with Crippen LogP contribution in [0.3, 0.4) is 0 Å². The van der Waals surface area contributed by atoms with Gasteiger partial charge in [-0.25, -0.2) is 0 Å². The van der Waals surface area contributed by atoms with Crippen molar-refractivity contribution in [3.05, 3.63) is 12.3 Å². The van der Waals surface area contributed by atoms with E-state index in [2.05, 4.69) is 25.3 Å². The minimum atomic E-state index is -0.0471. The summed E-state index contributed by atoms with van der Waals surface area (Å²) in [4.78, 5) is 2.72. The number of likely N-dealkylation sites (tertiary alicyclic amines) is 1. The molecule has 0 amide bonds. The summed E-state index contributed by atoms with van der Waals surface area (Å²) in [6.07, 6.45) is 15.3. The Morgan fingerprint density at radius 2 is 1.68 bits per heavy atom. The monoisotopic (exact) mass is 431 g/mol. The molecule has 0 aromatic rings. The molecule has 5 fully saturated rings. The average molecular weight is 432 g/mol. The second-order valence-corrected chi connectivity index (χ2v) is 11.6. The normalized spacial score (nSPS) is 47.2. The van der Waals surface area contributed by atoms with Crippen LogP contribution >= 0.6 is 0 Å². The van der Waals surface area contributed by atoms with Crippen LogP contribution in [0.2, 0.25) is 0 Å². The summed E-state index contributed by atoms with van der Waals surface area (Å²) in [6, 6.07) is 0. The molecule has 0 bridgehead atoms. The summed E-state index contributed by atoms with van der Waals surface area (Å²) in [6.45, 7) is 15.8. The summed E-state index contributed by atoms with van der Waals surface area (Å²) in [5.74, 6) is 2.98. The van der Waals surface area contributed by atoms with Crippen molar-refractivity contribution in [3.63, 3.8) is 0 Å². The lowest BCUT2D eigenvalue weighted by molar-refractivity contribution is -0.159. The third-order valence-corrected chi connectivity index (χ3v) is 10.4. The van der Waals surface area contributed by atoms with Crippen molar-refractivity contribution < 1.29 is 9.84 Å². The third kappa shape index (κ3) is 3.90. The van der Waals surface area contributed by atoms with Gasteiger partial charge in [0.25, 0.3) is 0 Å². The molecule has 2 aliphatic heterocycles. The van der Waals surface area contributed by atoms with Gasteiger partial charge in [0, 0.05) is 24.4 Å². The number of fused-ring (bicyclic) bond motifs is 5. The summed E-state index contributed by atoms with van der Waals surface area (Å²) in [5, 5.41) is 10.8. The molecule has 8 unspecified atom stereocenters. The number of ether oxygens (including phenoxy) is 1. The number of piperidine rings is 1. The number of aliphatic hydroxyl groups excluding tert-OH is 1. The Kier molecular flexibility index (Phi) is 7.14. The first-order valence-electron chi connectivity index (χ1n) is 13.7. The Morgan fingerprint density at radius 3 is 2.42 bits per heavy atom. The van der Waals surface area contributed by atoms with E-state index in [4.69, 9.17) is 4.74 Å². The third-order valence-electron chi connectivity index (χ3n) is 10.4. The lowest BCUT2D eigenvalue weighted by Gasteiger charge is -2.65. The van der Waals surface area contributed by atoms with Gasteiger partial charge in [0.2, 0.25) is 0 Å². The van der Waals surface area contributed by atoms with Crippen LogP contribution < -0.4 is 0 Å². The zero-order chi connectivity index (χ0) is 22.2. The Hall–Kier alpha value is -0.540. The zero-order valence-electron chi connectivity index (χ0n) is 20.9. The van der Waals surface area contributed by atoms with Gasteiger partial charge >= 0.3 is 0 Å². The van der Waals surface area contributed by atoms with E-state index in [1.54, 1.807) is 0 Å². The van der Waals surface area contributed by atoms with E-state index < -0.39 is 0 Å². The lowest BCUT2D eigenvalue weighted by Crippen LogP contribution is -2.64. The van der Waals surface area contributed by atoms with Crippen LogP contribution in [-0.4, -0.2) is 40.9 Å². The van der Waals surface area contributed by atoms with E-state index in [0.29, 0.717) is 11.3 Å². The summed E-state index contributed by atoms with van der Waals surface area (Å²) in [5.41, 5.74) is 1.91. The highest BCUT2D eigenvalue weighted by Gasteiger charge is 2.59. The molecule has 3 nitrogen and oxygen atoms in total. The van der Waals surface area contributed by atoms with Crippen molar-refractivity contribution in [1.29, 1.82) is 0 Å². The van der Waals surface area contributed by atoms with Crippen molar-refractivity contribution in [1.82, 2.24) is 4.90 Å². The molecule has 178 valence electrons. The summed E-state index contributed by atoms with van der Waals surface area (Å²) < 4.78 is 6.15. The molecule has 3 heteroatoms.